The number of pyridine rings is 1. The van der Waals surface area contributed by atoms with Crippen molar-refractivity contribution in [2.75, 3.05) is 0 Å². The van der Waals surface area contributed by atoms with E-state index < -0.39 is 0 Å². The minimum Gasteiger partial charge on any atom is -0.274 e. The summed E-state index contributed by atoms with van der Waals surface area (Å²) in [6.07, 6.45) is 7.80. The molecule has 0 unspecified atom stereocenters. The number of hydrogen-bond donors (Lipinski definition) is 0. The number of nitrogens with zero attached hydrogens (tertiary/aromatic N) is 6. The zero-order chi connectivity index (χ0) is 18.8. The second kappa shape index (κ2) is 7.42. The molecule has 0 bridgehead atoms. The molecule has 0 radical (unpaired) electrons. The Morgan fingerprint density at radius 1 is 1.19 bits per heavy atom. The van der Waals surface area contributed by atoms with Crippen molar-refractivity contribution >= 4 is 11.7 Å². The van der Waals surface area contributed by atoms with E-state index in [2.05, 4.69) is 15.1 Å². The monoisotopic (exact) mass is 364 g/mol. The fraction of sp³-hybridized carbons (Fsp3) is 0.450. The van der Waals surface area contributed by atoms with Gasteiger partial charge in [0.05, 0.1) is 12.5 Å². The minimum atomic E-state index is -0.0876. The molecule has 3 heterocycles. The number of aryl methyl sites for hydroxylation is 2. The number of carbonyl (C=O) groups excluding carboxylic acids is 1. The maximum Gasteiger partial charge on any atom is 0.252 e. The molecule has 0 aromatic carbocycles. The highest BCUT2D eigenvalue weighted by Gasteiger charge is 2.15. The predicted octanol–water partition coefficient (Wildman–Crippen LogP) is 2.66. The van der Waals surface area contributed by atoms with Crippen LogP contribution in [0.1, 0.15) is 54.1 Å². The van der Waals surface area contributed by atoms with E-state index in [9.17, 15) is 4.79 Å². The van der Waals surface area contributed by atoms with Gasteiger partial charge in [0.2, 0.25) is 5.91 Å². The van der Waals surface area contributed by atoms with Gasteiger partial charge in [0.25, 0.3) is 5.78 Å². The van der Waals surface area contributed by atoms with E-state index in [4.69, 9.17) is 4.99 Å². The SMILES string of the molecule is Cc1cc(C)n2nc(CC(=O)n3ccccc3=NC3CCCCC3)nc2n1. The molecule has 3 aromatic rings. The van der Waals surface area contributed by atoms with Gasteiger partial charge < -0.3 is 0 Å². The largest absolute Gasteiger partial charge is 0.274 e. The molecule has 1 aliphatic carbocycles. The van der Waals surface area contributed by atoms with Gasteiger partial charge in [-0.15, -0.1) is 5.10 Å². The molecular weight excluding hydrogens is 340 g/mol. The highest BCUT2D eigenvalue weighted by molar-refractivity contribution is 5.80. The van der Waals surface area contributed by atoms with Crippen LogP contribution in [0.25, 0.3) is 5.78 Å². The van der Waals surface area contributed by atoms with Crippen molar-refractivity contribution in [3.8, 4) is 0 Å². The highest BCUT2D eigenvalue weighted by Crippen LogP contribution is 2.19. The molecule has 0 atom stereocenters. The van der Waals surface area contributed by atoms with Crippen molar-refractivity contribution in [3.63, 3.8) is 0 Å². The fourth-order valence-corrected chi connectivity index (χ4v) is 3.65. The molecule has 7 heteroatoms. The summed E-state index contributed by atoms with van der Waals surface area (Å²) in [5.41, 5.74) is 2.55. The maximum absolute atomic E-state index is 12.9. The van der Waals surface area contributed by atoms with Crippen LogP contribution >= 0.6 is 0 Å². The molecule has 0 N–H and O–H groups in total. The number of hydrogen-bond acceptors (Lipinski definition) is 5. The van der Waals surface area contributed by atoms with E-state index in [1.165, 1.54) is 19.3 Å². The van der Waals surface area contributed by atoms with Crippen LogP contribution in [-0.4, -0.2) is 36.1 Å². The van der Waals surface area contributed by atoms with Gasteiger partial charge in [0.1, 0.15) is 5.49 Å². The first-order valence-electron chi connectivity index (χ1n) is 9.55. The van der Waals surface area contributed by atoms with Crippen LogP contribution < -0.4 is 5.49 Å². The summed E-state index contributed by atoms with van der Waals surface area (Å²) in [6.45, 7) is 3.88. The van der Waals surface area contributed by atoms with Gasteiger partial charge in [-0.05, 0) is 44.9 Å². The molecule has 140 valence electrons. The molecule has 1 aliphatic rings. The Morgan fingerprint density at radius 3 is 2.81 bits per heavy atom. The second-order valence-electron chi connectivity index (χ2n) is 7.20. The lowest BCUT2D eigenvalue weighted by Crippen LogP contribution is -2.30. The third-order valence-corrected chi connectivity index (χ3v) is 4.97. The number of aromatic nitrogens is 5. The second-order valence-corrected chi connectivity index (χ2v) is 7.20. The lowest BCUT2D eigenvalue weighted by atomic mass is 9.96. The van der Waals surface area contributed by atoms with Crippen molar-refractivity contribution in [1.82, 2.24) is 24.1 Å². The Labute approximate surface area is 157 Å². The number of carbonyl (C=O) groups is 1. The Hall–Kier alpha value is -2.83. The maximum atomic E-state index is 12.9. The van der Waals surface area contributed by atoms with Gasteiger partial charge >= 0.3 is 0 Å². The summed E-state index contributed by atoms with van der Waals surface area (Å²) in [5.74, 6) is 0.914. The van der Waals surface area contributed by atoms with Gasteiger partial charge in [-0.25, -0.2) is 9.50 Å². The zero-order valence-electron chi connectivity index (χ0n) is 15.8. The molecule has 1 fully saturated rings. The summed E-state index contributed by atoms with van der Waals surface area (Å²) >= 11 is 0. The lowest BCUT2D eigenvalue weighted by molar-refractivity contribution is 0.0906. The molecule has 1 saturated carbocycles. The van der Waals surface area contributed by atoms with Crippen LogP contribution in [0.3, 0.4) is 0 Å². The van der Waals surface area contributed by atoms with E-state index in [1.807, 2.05) is 38.1 Å². The first-order valence-corrected chi connectivity index (χ1v) is 9.55. The minimum absolute atomic E-state index is 0.0876. The van der Waals surface area contributed by atoms with Crippen molar-refractivity contribution in [2.24, 2.45) is 4.99 Å². The zero-order valence-corrected chi connectivity index (χ0v) is 15.8. The molecule has 0 amide bonds. The van der Waals surface area contributed by atoms with Crippen LogP contribution in [0.5, 0.6) is 0 Å². The van der Waals surface area contributed by atoms with Crippen molar-refractivity contribution < 1.29 is 4.79 Å². The third kappa shape index (κ3) is 3.82. The van der Waals surface area contributed by atoms with Gasteiger partial charge in [-0.3, -0.25) is 14.4 Å². The smallest absolute Gasteiger partial charge is 0.252 e. The Balaban J connectivity index is 1.62. The number of rotatable bonds is 3. The van der Waals surface area contributed by atoms with Crippen LogP contribution in [0.15, 0.2) is 35.5 Å². The normalized spacial score (nSPS) is 16.1. The van der Waals surface area contributed by atoms with Gasteiger partial charge in [0, 0.05) is 17.6 Å². The molecule has 4 rings (SSSR count). The van der Waals surface area contributed by atoms with Crippen molar-refractivity contribution in [2.45, 2.75) is 58.4 Å². The predicted molar refractivity (Wildman–Crippen MR) is 101 cm³/mol. The van der Waals surface area contributed by atoms with Crippen LogP contribution in [0, 0.1) is 13.8 Å². The topological polar surface area (TPSA) is 77.4 Å². The molecule has 3 aromatic heterocycles. The average molecular weight is 364 g/mol. The van der Waals surface area contributed by atoms with E-state index in [0.717, 1.165) is 24.2 Å². The van der Waals surface area contributed by atoms with Gasteiger partial charge in [-0.2, -0.15) is 4.98 Å². The van der Waals surface area contributed by atoms with Crippen molar-refractivity contribution in [1.29, 1.82) is 0 Å². The van der Waals surface area contributed by atoms with Crippen LogP contribution in [0.2, 0.25) is 0 Å². The van der Waals surface area contributed by atoms with Gasteiger partial charge in [0.15, 0.2) is 5.82 Å². The van der Waals surface area contributed by atoms with Crippen LogP contribution in [0.4, 0.5) is 0 Å². The molecule has 27 heavy (non-hydrogen) atoms. The van der Waals surface area contributed by atoms with Crippen LogP contribution in [-0.2, 0) is 6.42 Å². The van der Waals surface area contributed by atoms with E-state index in [-0.39, 0.29) is 12.3 Å². The van der Waals surface area contributed by atoms with Gasteiger partial charge in [-0.1, -0.05) is 25.3 Å². The standard InChI is InChI=1S/C20H24N6O/c1-14-12-15(2)26-20(21-14)23-17(24-26)13-19(27)25-11-7-6-10-18(25)22-16-8-4-3-5-9-16/h6-7,10-12,16H,3-5,8-9,13H2,1-2H3. The third-order valence-electron chi connectivity index (χ3n) is 4.97. The first-order chi connectivity index (χ1) is 13.1. The summed E-state index contributed by atoms with van der Waals surface area (Å²) < 4.78 is 3.30. The lowest BCUT2D eigenvalue weighted by Gasteiger charge is -2.17. The summed E-state index contributed by atoms with van der Waals surface area (Å²) in [5, 5.41) is 4.44. The molecule has 7 nitrogen and oxygen atoms in total. The summed E-state index contributed by atoms with van der Waals surface area (Å²) in [7, 11) is 0. The molecular formula is C20H24N6O. The quantitative estimate of drug-likeness (QED) is 0.716. The highest BCUT2D eigenvalue weighted by atomic mass is 16.2. The average Bonchev–Trinajstić information content (AvgIpc) is 3.05. The summed E-state index contributed by atoms with van der Waals surface area (Å²) in [4.78, 5) is 26.5. The number of fused-ring (bicyclic) bond motifs is 1. The Kier molecular flexibility index (Phi) is 4.83. The Bertz CT molecular complexity index is 1040. The molecule has 0 saturated heterocycles. The fourth-order valence-electron chi connectivity index (χ4n) is 3.65. The molecule has 0 aliphatic heterocycles. The van der Waals surface area contributed by atoms with E-state index in [0.29, 0.717) is 23.1 Å². The van der Waals surface area contributed by atoms with E-state index >= 15 is 0 Å². The Morgan fingerprint density at radius 2 is 2.00 bits per heavy atom. The summed E-state index contributed by atoms with van der Waals surface area (Å²) in [6, 6.07) is 7.93. The van der Waals surface area contributed by atoms with E-state index in [1.54, 1.807) is 15.3 Å². The first kappa shape index (κ1) is 17.6. The molecule has 0 spiro atoms. The van der Waals surface area contributed by atoms with Crippen molar-refractivity contribution in [3.05, 3.63) is 53.2 Å².